The molecule has 0 rings (SSSR count). The molecule has 0 aromatic rings. The lowest BCUT2D eigenvalue weighted by atomic mass is 10.0. The van der Waals surface area contributed by atoms with E-state index in [-0.39, 0.29) is 25.7 Å². The van der Waals surface area contributed by atoms with Crippen LogP contribution in [0.4, 0.5) is 0 Å². The zero-order chi connectivity index (χ0) is 63.9. The Morgan fingerprint density at radius 2 is 0.488 bits per heavy atom. The van der Waals surface area contributed by atoms with Crippen molar-refractivity contribution in [3.05, 3.63) is 0 Å². The number of esters is 4. The molecule has 0 saturated heterocycles. The molecule has 0 heterocycles. The van der Waals surface area contributed by atoms with Crippen molar-refractivity contribution < 1.29 is 80.2 Å². The Balaban J connectivity index is 5.24. The quantitative estimate of drug-likeness (QED) is 0.0222. The van der Waals surface area contributed by atoms with E-state index in [1.165, 1.54) is 128 Å². The predicted octanol–water partition coefficient (Wildman–Crippen LogP) is 18.5. The average molecular weight is 1270 g/mol. The van der Waals surface area contributed by atoms with Gasteiger partial charge >= 0.3 is 39.5 Å². The molecule has 5 atom stereocenters. The number of aliphatic hydroxyl groups excluding tert-OH is 1. The van der Waals surface area contributed by atoms with Crippen LogP contribution < -0.4 is 0 Å². The molecule has 3 unspecified atom stereocenters. The molecule has 0 amide bonds. The van der Waals surface area contributed by atoms with E-state index in [0.717, 1.165) is 108 Å². The van der Waals surface area contributed by atoms with Crippen molar-refractivity contribution >= 4 is 39.5 Å². The molecule has 0 bridgehead atoms. The Morgan fingerprint density at radius 1 is 0.291 bits per heavy atom. The second-order valence-corrected chi connectivity index (χ2v) is 29.0. The number of hydrogen-bond acceptors (Lipinski definition) is 15. The lowest BCUT2D eigenvalue weighted by Gasteiger charge is -2.21. The fourth-order valence-electron chi connectivity index (χ4n) is 9.96. The van der Waals surface area contributed by atoms with Gasteiger partial charge < -0.3 is 33.8 Å². The Bertz CT molecular complexity index is 1710. The first-order chi connectivity index (χ1) is 41.1. The molecule has 0 radical (unpaired) electrons. The number of phosphoric ester groups is 2. The van der Waals surface area contributed by atoms with Gasteiger partial charge in [-0.2, -0.15) is 0 Å². The normalized spacial score (nSPS) is 14.4. The molecule has 3 N–H and O–H groups in total. The first-order valence-electron chi connectivity index (χ1n) is 34.7. The molecular formula is C67H130O17P2. The summed E-state index contributed by atoms with van der Waals surface area (Å²) in [7, 11) is -9.89. The first kappa shape index (κ1) is 84.1. The van der Waals surface area contributed by atoms with Crippen molar-refractivity contribution in [1.82, 2.24) is 0 Å². The molecule has 510 valence electrons. The summed E-state index contributed by atoms with van der Waals surface area (Å²) in [6.45, 7) is 14.0. The van der Waals surface area contributed by atoms with Gasteiger partial charge in [-0.15, -0.1) is 0 Å². The number of ether oxygens (including phenoxy) is 4. The highest BCUT2D eigenvalue weighted by Crippen LogP contribution is 2.45. The minimum Gasteiger partial charge on any atom is -0.462 e. The summed E-state index contributed by atoms with van der Waals surface area (Å²) in [5.74, 6) is 0.765. The van der Waals surface area contributed by atoms with Crippen LogP contribution in [-0.2, 0) is 65.4 Å². The third-order valence-electron chi connectivity index (χ3n) is 15.3. The van der Waals surface area contributed by atoms with Crippen molar-refractivity contribution in [2.24, 2.45) is 23.7 Å². The molecule has 0 spiro atoms. The van der Waals surface area contributed by atoms with Crippen LogP contribution in [0.2, 0.25) is 0 Å². The fourth-order valence-corrected chi connectivity index (χ4v) is 11.5. The van der Waals surface area contributed by atoms with Crippen LogP contribution in [-0.4, -0.2) is 96.7 Å². The summed E-state index contributed by atoms with van der Waals surface area (Å²) >= 11 is 0. The third kappa shape index (κ3) is 60.9. The van der Waals surface area contributed by atoms with Gasteiger partial charge in [0.1, 0.15) is 19.3 Å². The maximum atomic E-state index is 13.0. The Labute approximate surface area is 524 Å². The maximum absolute atomic E-state index is 13.0. The molecule has 86 heavy (non-hydrogen) atoms. The monoisotopic (exact) mass is 1270 g/mol. The zero-order valence-corrected chi connectivity index (χ0v) is 57.7. The smallest absolute Gasteiger partial charge is 0.462 e. The SMILES string of the molecule is CC(C)CCCCCCCCCCCCCC(=O)OC[C@H](COP(=O)(O)OCC(O)COP(=O)(O)OC[C@@H](COC(=O)CCCCCCCCCCC(C)C)OC(=O)CCCCCCCCC(C)C)OC(=O)CCCCCCCCCCCC(C)C. The van der Waals surface area contributed by atoms with Gasteiger partial charge in [0.25, 0.3) is 0 Å². The molecule has 17 nitrogen and oxygen atoms in total. The van der Waals surface area contributed by atoms with E-state index < -0.39 is 97.5 Å². The van der Waals surface area contributed by atoms with E-state index in [9.17, 15) is 43.2 Å². The Hall–Kier alpha value is -1.94. The van der Waals surface area contributed by atoms with Gasteiger partial charge in [0.05, 0.1) is 26.4 Å². The molecular weight excluding hydrogens is 1140 g/mol. The number of unbranched alkanes of at least 4 members (excludes halogenated alkanes) is 30. The van der Waals surface area contributed by atoms with Crippen molar-refractivity contribution in [2.45, 2.75) is 343 Å². The van der Waals surface area contributed by atoms with Crippen LogP contribution in [0.5, 0.6) is 0 Å². The standard InChI is InChI=1S/C67H130O17P2/c1-57(2)43-35-27-19-13-10-9-11-15-22-31-39-47-64(69)77-53-62(83-66(71)49-41-33-24-16-12-14-20-28-36-44-58(3)4)55-81-85(73,74)79-51-61(68)52-80-86(75,76)82-56-63(84-67(72)50-42-34-26-25-30-38-46-60(7)8)54-78-65(70)48-40-32-23-18-17-21-29-37-45-59(5)6/h57-63,68H,9-56H2,1-8H3,(H,73,74)(H,75,76)/t61?,62-,63-/m1/s1. The van der Waals surface area contributed by atoms with Crippen molar-refractivity contribution in [3.63, 3.8) is 0 Å². The molecule has 0 aromatic carbocycles. The number of hydrogen-bond donors (Lipinski definition) is 3. The summed E-state index contributed by atoms with van der Waals surface area (Å²) in [4.78, 5) is 72.3. The van der Waals surface area contributed by atoms with Crippen molar-refractivity contribution in [3.8, 4) is 0 Å². The summed E-state index contributed by atoms with van der Waals surface area (Å²) in [6, 6.07) is 0. The molecule has 19 heteroatoms. The van der Waals surface area contributed by atoms with E-state index in [1.54, 1.807) is 0 Å². The second-order valence-electron chi connectivity index (χ2n) is 26.1. The van der Waals surface area contributed by atoms with Gasteiger partial charge in [-0.3, -0.25) is 37.3 Å². The summed E-state index contributed by atoms with van der Waals surface area (Å²) in [6.07, 6.45) is 37.8. The molecule has 0 fully saturated rings. The average Bonchev–Trinajstić information content (AvgIpc) is 3.65. The van der Waals surface area contributed by atoms with Gasteiger partial charge in [-0.1, -0.05) is 274 Å². The Kier molecular flexibility index (Phi) is 55.7. The van der Waals surface area contributed by atoms with Crippen molar-refractivity contribution in [2.75, 3.05) is 39.6 Å². The number of carbonyl (C=O) groups is 4. The predicted molar refractivity (Wildman–Crippen MR) is 344 cm³/mol. The summed E-state index contributed by atoms with van der Waals surface area (Å²) < 4.78 is 68.1. The van der Waals surface area contributed by atoms with Crippen LogP contribution in [0.3, 0.4) is 0 Å². The van der Waals surface area contributed by atoms with E-state index in [1.807, 2.05) is 0 Å². The third-order valence-corrected chi connectivity index (χ3v) is 17.2. The van der Waals surface area contributed by atoms with E-state index in [0.29, 0.717) is 31.6 Å². The molecule has 0 aliphatic carbocycles. The molecule has 0 aliphatic rings. The molecule has 0 aliphatic heterocycles. The number of phosphoric acid groups is 2. The highest BCUT2D eigenvalue weighted by atomic mass is 31.2. The topological polar surface area (TPSA) is 237 Å². The maximum Gasteiger partial charge on any atom is 0.472 e. The zero-order valence-electron chi connectivity index (χ0n) is 55.9. The van der Waals surface area contributed by atoms with Crippen LogP contribution in [0.25, 0.3) is 0 Å². The number of aliphatic hydroxyl groups is 1. The van der Waals surface area contributed by atoms with E-state index in [2.05, 4.69) is 55.4 Å². The van der Waals surface area contributed by atoms with Gasteiger partial charge in [0.15, 0.2) is 12.2 Å². The summed E-state index contributed by atoms with van der Waals surface area (Å²) in [5.41, 5.74) is 0. The van der Waals surface area contributed by atoms with Crippen LogP contribution in [0, 0.1) is 23.7 Å². The summed E-state index contributed by atoms with van der Waals surface area (Å²) in [5, 5.41) is 10.6. The first-order valence-corrected chi connectivity index (χ1v) is 37.7. The van der Waals surface area contributed by atoms with Gasteiger partial charge in [-0.25, -0.2) is 9.13 Å². The second kappa shape index (κ2) is 57.0. The minimum absolute atomic E-state index is 0.101. The van der Waals surface area contributed by atoms with Crippen LogP contribution in [0.15, 0.2) is 0 Å². The number of rotatable bonds is 64. The fraction of sp³-hybridized carbons (Fsp3) is 0.940. The lowest BCUT2D eigenvalue weighted by Crippen LogP contribution is -2.30. The van der Waals surface area contributed by atoms with Gasteiger partial charge in [0, 0.05) is 25.7 Å². The van der Waals surface area contributed by atoms with Gasteiger partial charge in [0.2, 0.25) is 0 Å². The largest absolute Gasteiger partial charge is 0.472 e. The molecule has 0 saturated carbocycles. The highest BCUT2D eigenvalue weighted by molar-refractivity contribution is 7.47. The Morgan fingerprint density at radius 3 is 0.721 bits per heavy atom. The van der Waals surface area contributed by atoms with Crippen molar-refractivity contribution in [1.29, 1.82) is 0 Å². The van der Waals surface area contributed by atoms with Gasteiger partial charge in [-0.05, 0) is 49.4 Å². The van der Waals surface area contributed by atoms with E-state index in [4.69, 9.17) is 37.0 Å². The minimum atomic E-state index is -4.95. The number of carbonyl (C=O) groups excluding carboxylic acids is 4. The van der Waals surface area contributed by atoms with E-state index >= 15 is 0 Å². The van der Waals surface area contributed by atoms with Crippen LogP contribution >= 0.6 is 15.6 Å². The molecule has 0 aromatic heterocycles. The van der Waals surface area contributed by atoms with Crippen LogP contribution in [0.1, 0.15) is 325 Å². The lowest BCUT2D eigenvalue weighted by molar-refractivity contribution is -0.161. The highest BCUT2D eigenvalue weighted by Gasteiger charge is 2.30.